The molecule has 0 saturated carbocycles. The van der Waals surface area contributed by atoms with Crippen LogP contribution >= 0.6 is 23.2 Å². The Kier molecular flexibility index (Phi) is 1.47. The van der Waals surface area contributed by atoms with E-state index in [0.717, 1.165) is 0 Å². The lowest BCUT2D eigenvalue weighted by atomic mass is 10.6. The maximum absolute atomic E-state index is 5.74. The van der Waals surface area contributed by atoms with Gasteiger partial charge in [-0.2, -0.15) is 5.10 Å². The minimum atomic E-state index is 0.417. The number of rotatable bonds is 0. The van der Waals surface area contributed by atoms with Gasteiger partial charge in [0.2, 0.25) is 0 Å². The summed E-state index contributed by atoms with van der Waals surface area (Å²) in [6, 6.07) is 1.65. The summed E-state index contributed by atoms with van der Waals surface area (Å²) < 4.78 is 1.56. The van der Waals surface area contributed by atoms with Gasteiger partial charge in [-0.1, -0.05) is 23.2 Å². The van der Waals surface area contributed by atoms with Gasteiger partial charge in [0.05, 0.1) is 6.20 Å². The number of hydrogen-bond acceptors (Lipinski definition) is 2. The SMILES string of the molecule is Clc1ccn2ncc(Cl)c2n1. The Morgan fingerprint density at radius 1 is 1.36 bits per heavy atom. The van der Waals surface area contributed by atoms with Crippen LogP contribution in [0.5, 0.6) is 0 Å². The highest BCUT2D eigenvalue weighted by Gasteiger charge is 2.01. The fraction of sp³-hybridized carbons (Fsp3) is 0. The van der Waals surface area contributed by atoms with Crippen LogP contribution in [0.1, 0.15) is 0 Å². The number of aromatic nitrogens is 3. The fourth-order valence-electron chi connectivity index (χ4n) is 0.819. The fourth-order valence-corrected chi connectivity index (χ4v) is 1.13. The van der Waals surface area contributed by atoms with Gasteiger partial charge in [-0.05, 0) is 6.07 Å². The largest absolute Gasteiger partial charge is 0.221 e. The maximum Gasteiger partial charge on any atom is 0.175 e. The van der Waals surface area contributed by atoms with Gasteiger partial charge in [-0.25, -0.2) is 9.50 Å². The van der Waals surface area contributed by atoms with Crippen molar-refractivity contribution in [2.75, 3.05) is 0 Å². The minimum Gasteiger partial charge on any atom is -0.221 e. The van der Waals surface area contributed by atoms with Crippen molar-refractivity contribution in [3.05, 3.63) is 28.6 Å². The summed E-state index contributed by atoms with van der Waals surface area (Å²) in [6.07, 6.45) is 3.23. The van der Waals surface area contributed by atoms with Crippen LogP contribution in [0.25, 0.3) is 5.65 Å². The molecule has 0 aliphatic heterocycles. The van der Waals surface area contributed by atoms with E-state index in [2.05, 4.69) is 10.1 Å². The second-order valence-electron chi connectivity index (χ2n) is 2.01. The van der Waals surface area contributed by atoms with Crippen molar-refractivity contribution >= 4 is 28.8 Å². The van der Waals surface area contributed by atoms with Gasteiger partial charge < -0.3 is 0 Å². The van der Waals surface area contributed by atoms with Crippen molar-refractivity contribution in [2.24, 2.45) is 0 Å². The van der Waals surface area contributed by atoms with Gasteiger partial charge in [0.1, 0.15) is 10.2 Å². The van der Waals surface area contributed by atoms with E-state index in [0.29, 0.717) is 15.8 Å². The third-order valence-corrected chi connectivity index (χ3v) is 1.77. The molecule has 2 aromatic rings. The number of fused-ring (bicyclic) bond motifs is 1. The topological polar surface area (TPSA) is 30.2 Å². The van der Waals surface area contributed by atoms with Crippen LogP contribution in [0.3, 0.4) is 0 Å². The van der Waals surface area contributed by atoms with E-state index >= 15 is 0 Å². The molecule has 0 bridgehead atoms. The van der Waals surface area contributed by atoms with Crippen LogP contribution in [0, 0.1) is 0 Å². The maximum atomic E-state index is 5.74. The first kappa shape index (κ1) is 6.88. The van der Waals surface area contributed by atoms with Gasteiger partial charge >= 0.3 is 0 Å². The minimum absolute atomic E-state index is 0.417. The van der Waals surface area contributed by atoms with Crippen LogP contribution in [-0.4, -0.2) is 14.6 Å². The Bertz CT molecular complexity index is 396. The molecule has 0 N–H and O–H groups in total. The average Bonchev–Trinajstić information content (AvgIpc) is 2.33. The first-order valence-corrected chi connectivity index (χ1v) is 3.68. The zero-order valence-corrected chi connectivity index (χ0v) is 6.84. The first-order valence-electron chi connectivity index (χ1n) is 2.93. The lowest BCUT2D eigenvalue weighted by Crippen LogP contribution is -1.87. The summed E-state index contributed by atoms with van der Waals surface area (Å²) in [5.74, 6) is 0. The third kappa shape index (κ3) is 1.06. The van der Waals surface area contributed by atoms with Crippen LogP contribution in [0.2, 0.25) is 10.2 Å². The molecule has 0 aliphatic rings. The Hall–Kier alpha value is -0.800. The standard InChI is InChI=1S/C6H3Cl2N3/c7-4-3-9-11-2-1-5(8)10-6(4)11/h1-3H. The Morgan fingerprint density at radius 3 is 3.00 bits per heavy atom. The van der Waals surface area contributed by atoms with E-state index in [9.17, 15) is 0 Å². The highest BCUT2D eigenvalue weighted by molar-refractivity contribution is 6.34. The molecule has 2 heterocycles. The zero-order valence-electron chi connectivity index (χ0n) is 5.33. The predicted molar refractivity (Wildman–Crippen MR) is 43.0 cm³/mol. The second-order valence-corrected chi connectivity index (χ2v) is 2.81. The van der Waals surface area contributed by atoms with Gasteiger partial charge in [0.25, 0.3) is 0 Å². The molecule has 0 unspecified atom stereocenters. The molecule has 56 valence electrons. The average molecular weight is 188 g/mol. The molecule has 0 aromatic carbocycles. The molecule has 0 amide bonds. The van der Waals surface area contributed by atoms with Gasteiger partial charge in [0.15, 0.2) is 5.65 Å². The van der Waals surface area contributed by atoms with Gasteiger partial charge in [-0.3, -0.25) is 0 Å². The van der Waals surface area contributed by atoms with E-state index in [4.69, 9.17) is 23.2 Å². The number of nitrogens with zero attached hydrogens (tertiary/aromatic N) is 3. The molecule has 3 nitrogen and oxygen atoms in total. The monoisotopic (exact) mass is 187 g/mol. The van der Waals surface area contributed by atoms with E-state index in [1.54, 1.807) is 16.8 Å². The molecule has 2 rings (SSSR count). The predicted octanol–water partition coefficient (Wildman–Crippen LogP) is 2.04. The Morgan fingerprint density at radius 2 is 2.18 bits per heavy atom. The lowest BCUT2D eigenvalue weighted by molar-refractivity contribution is 0.939. The Balaban J connectivity index is 2.87. The normalized spacial score (nSPS) is 10.7. The van der Waals surface area contributed by atoms with Gasteiger partial charge in [-0.15, -0.1) is 0 Å². The molecule has 0 spiro atoms. The summed E-state index contributed by atoms with van der Waals surface area (Å²) in [4.78, 5) is 3.97. The quantitative estimate of drug-likeness (QED) is 0.592. The van der Waals surface area contributed by atoms with Crippen molar-refractivity contribution in [3.8, 4) is 0 Å². The summed E-state index contributed by atoms with van der Waals surface area (Å²) in [7, 11) is 0. The molecule has 0 atom stereocenters. The smallest absolute Gasteiger partial charge is 0.175 e. The summed E-state index contributed by atoms with van der Waals surface area (Å²) in [5.41, 5.74) is 0.583. The third-order valence-electron chi connectivity index (χ3n) is 1.29. The van der Waals surface area contributed by atoms with Crippen molar-refractivity contribution < 1.29 is 0 Å². The van der Waals surface area contributed by atoms with E-state index < -0.39 is 0 Å². The van der Waals surface area contributed by atoms with E-state index in [1.165, 1.54) is 6.20 Å². The number of halogens is 2. The molecular formula is C6H3Cl2N3. The van der Waals surface area contributed by atoms with Crippen LogP contribution in [0.15, 0.2) is 18.5 Å². The van der Waals surface area contributed by atoms with Crippen LogP contribution in [0.4, 0.5) is 0 Å². The molecule has 0 aliphatic carbocycles. The molecule has 5 heteroatoms. The molecule has 2 aromatic heterocycles. The van der Waals surface area contributed by atoms with Gasteiger partial charge in [0, 0.05) is 6.20 Å². The second kappa shape index (κ2) is 2.36. The molecule has 0 radical (unpaired) electrons. The summed E-state index contributed by atoms with van der Waals surface area (Å²) in [6.45, 7) is 0. The van der Waals surface area contributed by atoms with Crippen molar-refractivity contribution in [1.82, 2.24) is 14.6 Å². The Labute approximate surface area is 72.6 Å². The molecule has 0 saturated heterocycles. The van der Waals surface area contributed by atoms with Crippen molar-refractivity contribution in [3.63, 3.8) is 0 Å². The summed E-state index contributed by atoms with van der Waals surface area (Å²) in [5, 5.41) is 4.85. The zero-order chi connectivity index (χ0) is 7.84. The van der Waals surface area contributed by atoms with E-state index in [-0.39, 0.29) is 0 Å². The van der Waals surface area contributed by atoms with Crippen LogP contribution < -0.4 is 0 Å². The summed E-state index contributed by atoms with van der Waals surface area (Å²) >= 11 is 11.4. The van der Waals surface area contributed by atoms with Crippen molar-refractivity contribution in [1.29, 1.82) is 0 Å². The molecular weight excluding hydrogens is 185 g/mol. The van der Waals surface area contributed by atoms with Crippen molar-refractivity contribution in [2.45, 2.75) is 0 Å². The number of hydrogen-bond donors (Lipinski definition) is 0. The molecule has 0 fully saturated rings. The highest BCUT2D eigenvalue weighted by Crippen LogP contribution is 2.15. The van der Waals surface area contributed by atoms with E-state index in [1.807, 2.05) is 0 Å². The highest BCUT2D eigenvalue weighted by atomic mass is 35.5. The first-order chi connectivity index (χ1) is 5.27. The van der Waals surface area contributed by atoms with Crippen LogP contribution in [-0.2, 0) is 0 Å². The molecule has 11 heavy (non-hydrogen) atoms. The lowest BCUT2D eigenvalue weighted by Gasteiger charge is -1.91.